The number of aromatic nitrogens is 4. The van der Waals surface area contributed by atoms with E-state index in [4.69, 9.17) is 9.97 Å². The normalized spacial score (nSPS) is 13.4. The van der Waals surface area contributed by atoms with E-state index in [1.807, 2.05) is 52.3 Å². The van der Waals surface area contributed by atoms with Gasteiger partial charge >= 0.3 is 0 Å². The number of anilines is 2. The molecule has 0 spiro atoms. The predicted octanol–water partition coefficient (Wildman–Crippen LogP) is 6.28. The fourth-order valence-corrected chi connectivity index (χ4v) is 4.38. The number of likely N-dealkylation sites (N-methyl/N-ethyl adjacent to an activating group) is 1. The van der Waals surface area contributed by atoms with Crippen LogP contribution in [0.25, 0.3) is 22.6 Å². The Bertz CT molecular complexity index is 1290. The molecule has 2 aromatic carbocycles. The van der Waals surface area contributed by atoms with Crippen molar-refractivity contribution in [2.24, 2.45) is 7.05 Å². The first-order chi connectivity index (χ1) is 18.5. The summed E-state index contributed by atoms with van der Waals surface area (Å²) in [6, 6.07) is 13.7. The minimum atomic E-state index is -0.227. The quantitative estimate of drug-likeness (QED) is 0.323. The Kier molecular flexibility index (Phi) is 10.6. The van der Waals surface area contributed by atoms with Crippen LogP contribution in [0.15, 0.2) is 48.8 Å². The molecule has 4 aromatic rings. The van der Waals surface area contributed by atoms with Gasteiger partial charge in [-0.25, -0.2) is 19.3 Å². The van der Waals surface area contributed by atoms with Crippen molar-refractivity contribution in [3.63, 3.8) is 0 Å². The number of fused-ring (bicyclic) bond motifs is 1. The van der Waals surface area contributed by atoms with E-state index in [-0.39, 0.29) is 5.82 Å². The molecule has 1 aliphatic heterocycles. The molecular weight excluding hydrogens is 477 g/mol. The molecule has 0 saturated carbocycles. The summed E-state index contributed by atoms with van der Waals surface area (Å²) in [5.41, 5.74) is 5.04. The van der Waals surface area contributed by atoms with Gasteiger partial charge in [0.2, 0.25) is 0 Å². The Morgan fingerprint density at radius 3 is 2.24 bits per heavy atom. The summed E-state index contributed by atoms with van der Waals surface area (Å²) in [4.78, 5) is 18.9. The standard InChI is InChI=1S/C26H30FN7.2C2H6/c1-4-33-11-13-34(14-12-33)21-9-7-19(8-10-21)24-30-25(23-26(31-24)32(3)17-29-23)28-16-20-6-5-18(2)15-22(20)27;2*1-2/h5-10,15,17H,4,11-14,16H2,1-3H3,(H,28,30,31);2*1-2H3. The summed E-state index contributed by atoms with van der Waals surface area (Å²) in [6.45, 7) is 17.8. The first-order valence-corrected chi connectivity index (χ1v) is 13.8. The third kappa shape index (κ3) is 6.67. The lowest BCUT2D eigenvalue weighted by atomic mass is 10.1. The topological polar surface area (TPSA) is 62.1 Å². The molecule has 38 heavy (non-hydrogen) atoms. The third-order valence-corrected chi connectivity index (χ3v) is 6.52. The summed E-state index contributed by atoms with van der Waals surface area (Å²) in [7, 11) is 1.91. The Morgan fingerprint density at radius 1 is 0.921 bits per heavy atom. The maximum atomic E-state index is 14.3. The van der Waals surface area contributed by atoms with Gasteiger partial charge in [0.1, 0.15) is 11.3 Å². The van der Waals surface area contributed by atoms with Crippen LogP contribution >= 0.6 is 0 Å². The van der Waals surface area contributed by atoms with Gasteiger partial charge in [-0.3, -0.25) is 0 Å². The molecule has 204 valence electrons. The van der Waals surface area contributed by atoms with E-state index in [9.17, 15) is 4.39 Å². The second-order valence-electron chi connectivity index (χ2n) is 8.84. The van der Waals surface area contributed by atoms with E-state index in [0.717, 1.165) is 49.5 Å². The first kappa shape index (κ1) is 29.0. The lowest BCUT2D eigenvalue weighted by molar-refractivity contribution is 0.271. The number of hydrogen-bond donors (Lipinski definition) is 1. The van der Waals surface area contributed by atoms with Gasteiger partial charge in [-0.2, -0.15) is 0 Å². The van der Waals surface area contributed by atoms with Crippen molar-refractivity contribution < 1.29 is 4.39 Å². The van der Waals surface area contributed by atoms with E-state index >= 15 is 0 Å². The zero-order valence-electron chi connectivity index (χ0n) is 23.9. The van der Waals surface area contributed by atoms with Crippen molar-refractivity contribution in [2.45, 2.75) is 48.1 Å². The molecule has 5 rings (SSSR count). The smallest absolute Gasteiger partial charge is 0.165 e. The Morgan fingerprint density at radius 2 is 1.61 bits per heavy atom. The molecule has 1 saturated heterocycles. The van der Waals surface area contributed by atoms with Crippen molar-refractivity contribution in [1.29, 1.82) is 0 Å². The van der Waals surface area contributed by atoms with Crippen molar-refractivity contribution in [3.8, 4) is 11.4 Å². The number of piperazine rings is 1. The van der Waals surface area contributed by atoms with Crippen LogP contribution in [-0.4, -0.2) is 57.1 Å². The number of imidazole rings is 1. The molecule has 0 amide bonds. The van der Waals surface area contributed by atoms with E-state index < -0.39 is 0 Å². The number of benzene rings is 2. The molecule has 0 unspecified atom stereocenters. The van der Waals surface area contributed by atoms with Crippen molar-refractivity contribution >= 4 is 22.7 Å². The lowest BCUT2D eigenvalue weighted by Crippen LogP contribution is -2.46. The molecule has 0 aliphatic carbocycles. The molecule has 0 atom stereocenters. The Balaban J connectivity index is 0.000000956. The van der Waals surface area contributed by atoms with E-state index in [1.54, 1.807) is 18.5 Å². The number of aryl methyl sites for hydroxylation is 2. The molecule has 3 heterocycles. The number of halogens is 1. The van der Waals surface area contributed by atoms with Gasteiger partial charge in [0.15, 0.2) is 17.3 Å². The predicted molar refractivity (Wildman–Crippen MR) is 157 cm³/mol. The summed E-state index contributed by atoms with van der Waals surface area (Å²) in [6.07, 6.45) is 1.72. The molecule has 0 bridgehead atoms. The molecule has 8 heteroatoms. The van der Waals surface area contributed by atoms with Crippen molar-refractivity contribution in [3.05, 3.63) is 65.7 Å². The highest BCUT2D eigenvalue weighted by molar-refractivity contribution is 5.85. The number of nitrogens with one attached hydrogen (secondary N) is 1. The summed E-state index contributed by atoms with van der Waals surface area (Å²) < 4.78 is 16.2. The highest BCUT2D eigenvalue weighted by atomic mass is 19.1. The fourth-order valence-electron chi connectivity index (χ4n) is 4.38. The molecule has 2 aromatic heterocycles. The summed E-state index contributed by atoms with van der Waals surface area (Å²) in [5, 5.41) is 3.28. The SMILES string of the molecule is CC.CC.CCN1CCN(c2ccc(-c3nc(NCc4ccc(C)cc4F)c4ncn(C)c4n3)cc2)CC1. The number of nitrogens with zero attached hydrogens (tertiary/aromatic N) is 6. The van der Waals surface area contributed by atoms with Crippen LogP contribution in [-0.2, 0) is 13.6 Å². The van der Waals surface area contributed by atoms with Crippen LogP contribution in [0.5, 0.6) is 0 Å². The maximum absolute atomic E-state index is 14.3. The second-order valence-corrected chi connectivity index (χ2v) is 8.84. The van der Waals surface area contributed by atoms with Crippen LogP contribution in [0.2, 0.25) is 0 Å². The molecule has 1 fully saturated rings. The van der Waals surface area contributed by atoms with Gasteiger partial charge in [-0.15, -0.1) is 0 Å². The van der Waals surface area contributed by atoms with Crippen LogP contribution < -0.4 is 10.2 Å². The van der Waals surface area contributed by atoms with Crippen molar-refractivity contribution in [2.75, 3.05) is 42.9 Å². The van der Waals surface area contributed by atoms with E-state index in [2.05, 4.69) is 51.3 Å². The molecule has 7 nitrogen and oxygen atoms in total. The minimum absolute atomic E-state index is 0.227. The van der Waals surface area contributed by atoms with Crippen LogP contribution in [0, 0.1) is 12.7 Å². The van der Waals surface area contributed by atoms with Crippen molar-refractivity contribution in [1.82, 2.24) is 24.4 Å². The number of hydrogen-bond acceptors (Lipinski definition) is 6. The highest BCUT2D eigenvalue weighted by Crippen LogP contribution is 2.26. The molecule has 1 N–H and O–H groups in total. The van der Waals surface area contributed by atoms with Gasteiger partial charge in [0, 0.05) is 56.6 Å². The average Bonchev–Trinajstić information content (AvgIpc) is 3.35. The summed E-state index contributed by atoms with van der Waals surface area (Å²) >= 11 is 0. The lowest BCUT2D eigenvalue weighted by Gasteiger charge is -2.35. The Labute approximate surface area is 226 Å². The van der Waals surface area contributed by atoms with Crippen LogP contribution in [0.1, 0.15) is 45.7 Å². The molecular formula is C30H42FN7. The highest BCUT2D eigenvalue weighted by Gasteiger charge is 2.17. The maximum Gasteiger partial charge on any atom is 0.165 e. The van der Waals surface area contributed by atoms with Crippen LogP contribution in [0.4, 0.5) is 15.9 Å². The zero-order valence-corrected chi connectivity index (χ0v) is 23.9. The molecule has 0 radical (unpaired) electrons. The van der Waals surface area contributed by atoms with E-state index in [0.29, 0.717) is 29.3 Å². The first-order valence-electron chi connectivity index (χ1n) is 13.8. The van der Waals surface area contributed by atoms with Crippen LogP contribution in [0.3, 0.4) is 0 Å². The fraction of sp³-hybridized carbons (Fsp3) is 0.433. The van der Waals surface area contributed by atoms with Gasteiger partial charge in [0.05, 0.1) is 6.33 Å². The molecule has 1 aliphatic rings. The second kappa shape index (κ2) is 13.9. The largest absolute Gasteiger partial charge is 0.369 e. The number of rotatable bonds is 6. The van der Waals surface area contributed by atoms with Gasteiger partial charge < -0.3 is 19.7 Å². The minimum Gasteiger partial charge on any atom is -0.369 e. The Hall–Kier alpha value is -3.52. The summed E-state index contributed by atoms with van der Waals surface area (Å²) in [5.74, 6) is 0.986. The third-order valence-electron chi connectivity index (χ3n) is 6.52. The monoisotopic (exact) mass is 519 g/mol. The van der Waals surface area contributed by atoms with Gasteiger partial charge in [-0.05, 0) is 49.4 Å². The van der Waals surface area contributed by atoms with Gasteiger partial charge in [0.25, 0.3) is 0 Å². The average molecular weight is 520 g/mol. The van der Waals surface area contributed by atoms with E-state index in [1.165, 1.54) is 5.69 Å². The van der Waals surface area contributed by atoms with Gasteiger partial charge in [-0.1, -0.05) is 46.8 Å². The zero-order chi connectivity index (χ0) is 27.7.